The maximum atomic E-state index is 12.0. The van der Waals surface area contributed by atoms with Gasteiger partial charge in [-0.05, 0) is 49.7 Å². The molecule has 27 heavy (non-hydrogen) atoms. The lowest BCUT2D eigenvalue weighted by Gasteiger charge is -2.12. The first-order valence-corrected chi connectivity index (χ1v) is 8.90. The SMILES string of the molecule is CCCC(=O)Nc1ccc(OCC(=O)Nc2cccc(Cl)c2)c(C(C)=O)c1. The number of hydrogen-bond acceptors (Lipinski definition) is 4. The van der Waals surface area contributed by atoms with E-state index in [9.17, 15) is 14.4 Å². The number of ketones is 1. The minimum Gasteiger partial charge on any atom is -0.483 e. The Morgan fingerprint density at radius 2 is 1.70 bits per heavy atom. The standard InChI is InChI=1S/C20H21ClN2O4/c1-3-5-19(25)22-16-8-9-18(17(11-16)13(2)24)27-12-20(26)23-15-7-4-6-14(21)10-15/h4,6-11H,3,5,12H2,1-2H3,(H,22,25)(H,23,26). The Hall–Kier alpha value is -2.86. The Balaban J connectivity index is 2.03. The molecule has 2 N–H and O–H groups in total. The number of carbonyl (C=O) groups is 3. The summed E-state index contributed by atoms with van der Waals surface area (Å²) < 4.78 is 5.49. The molecule has 2 aromatic carbocycles. The third kappa shape index (κ3) is 6.42. The van der Waals surface area contributed by atoms with Crippen molar-refractivity contribution in [2.75, 3.05) is 17.2 Å². The quantitative estimate of drug-likeness (QED) is 0.660. The van der Waals surface area contributed by atoms with Crippen LogP contribution in [-0.2, 0) is 9.59 Å². The van der Waals surface area contributed by atoms with Gasteiger partial charge >= 0.3 is 0 Å². The first kappa shape index (κ1) is 20.5. The van der Waals surface area contributed by atoms with Gasteiger partial charge in [0.2, 0.25) is 5.91 Å². The smallest absolute Gasteiger partial charge is 0.262 e. The van der Waals surface area contributed by atoms with E-state index in [2.05, 4.69) is 10.6 Å². The average molecular weight is 389 g/mol. The van der Waals surface area contributed by atoms with Crippen molar-refractivity contribution in [3.63, 3.8) is 0 Å². The molecule has 0 aliphatic heterocycles. The maximum absolute atomic E-state index is 12.0. The Kier molecular flexibility index (Phi) is 7.37. The van der Waals surface area contributed by atoms with Gasteiger partial charge in [-0.25, -0.2) is 0 Å². The highest BCUT2D eigenvalue weighted by molar-refractivity contribution is 6.30. The zero-order valence-corrected chi connectivity index (χ0v) is 15.9. The van der Waals surface area contributed by atoms with Gasteiger partial charge in [-0.2, -0.15) is 0 Å². The van der Waals surface area contributed by atoms with E-state index in [1.165, 1.54) is 6.92 Å². The molecule has 0 aliphatic carbocycles. The molecule has 0 bridgehead atoms. The molecule has 0 spiro atoms. The summed E-state index contributed by atoms with van der Waals surface area (Å²) in [6, 6.07) is 11.5. The average Bonchev–Trinajstić information content (AvgIpc) is 2.60. The first-order chi connectivity index (χ1) is 12.9. The number of carbonyl (C=O) groups excluding carboxylic acids is 3. The molecule has 0 saturated carbocycles. The number of rotatable bonds is 8. The topological polar surface area (TPSA) is 84.5 Å². The normalized spacial score (nSPS) is 10.2. The number of hydrogen-bond donors (Lipinski definition) is 2. The van der Waals surface area contributed by atoms with Gasteiger partial charge in [0.1, 0.15) is 5.75 Å². The van der Waals surface area contributed by atoms with Gasteiger partial charge in [-0.15, -0.1) is 0 Å². The summed E-state index contributed by atoms with van der Waals surface area (Å²) >= 11 is 5.88. The summed E-state index contributed by atoms with van der Waals surface area (Å²) in [5.41, 5.74) is 1.35. The van der Waals surface area contributed by atoms with E-state index in [-0.39, 0.29) is 30.0 Å². The van der Waals surface area contributed by atoms with E-state index in [1.807, 2.05) is 6.92 Å². The highest BCUT2D eigenvalue weighted by Crippen LogP contribution is 2.24. The lowest BCUT2D eigenvalue weighted by atomic mass is 10.1. The van der Waals surface area contributed by atoms with Crippen LogP contribution in [0.5, 0.6) is 5.75 Å². The number of anilines is 2. The van der Waals surface area contributed by atoms with Crippen molar-refractivity contribution in [1.29, 1.82) is 0 Å². The third-order valence-electron chi connectivity index (χ3n) is 3.59. The second kappa shape index (κ2) is 9.73. The molecule has 2 amide bonds. The summed E-state index contributed by atoms with van der Waals surface area (Å²) in [6.45, 7) is 3.03. The Morgan fingerprint density at radius 3 is 2.37 bits per heavy atom. The van der Waals surface area contributed by atoms with E-state index < -0.39 is 0 Å². The van der Waals surface area contributed by atoms with E-state index in [0.29, 0.717) is 28.4 Å². The van der Waals surface area contributed by atoms with Crippen LogP contribution < -0.4 is 15.4 Å². The summed E-state index contributed by atoms with van der Waals surface area (Å²) in [6.07, 6.45) is 1.13. The molecular formula is C20H21ClN2O4. The molecule has 2 aromatic rings. The Labute approximate surface area is 162 Å². The lowest BCUT2D eigenvalue weighted by molar-refractivity contribution is -0.118. The molecule has 0 radical (unpaired) electrons. The molecule has 6 nitrogen and oxygen atoms in total. The van der Waals surface area contributed by atoms with Crippen LogP contribution >= 0.6 is 11.6 Å². The van der Waals surface area contributed by atoms with Crippen molar-refractivity contribution >= 4 is 40.6 Å². The predicted octanol–water partition coefficient (Wildman–Crippen LogP) is 4.30. The van der Waals surface area contributed by atoms with Crippen LogP contribution in [0.2, 0.25) is 5.02 Å². The van der Waals surface area contributed by atoms with Crippen molar-refractivity contribution in [1.82, 2.24) is 0 Å². The molecule has 0 saturated heterocycles. The van der Waals surface area contributed by atoms with Crippen LogP contribution in [0, 0.1) is 0 Å². The summed E-state index contributed by atoms with van der Waals surface area (Å²) in [7, 11) is 0. The molecular weight excluding hydrogens is 368 g/mol. The molecule has 0 aliphatic rings. The second-order valence-corrected chi connectivity index (χ2v) is 6.35. The van der Waals surface area contributed by atoms with Gasteiger partial charge in [-0.1, -0.05) is 24.6 Å². The number of halogens is 1. The minimum atomic E-state index is -0.382. The van der Waals surface area contributed by atoms with Gasteiger partial charge in [0, 0.05) is 22.8 Å². The zero-order valence-electron chi connectivity index (χ0n) is 15.2. The minimum absolute atomic E-state index is 0.124. The lowest BCUT2D eigenvalue weighted by Crippen LogP contribution is -2.20. The number of Topliss-reactive ketones (excluding diaryl/α,β-unsaturated/α-hetero) is 1. The molecule has 7 heteroatoms. The number of ether oxygens (including phenoxy) is 1. The van der Waals surface area contributed by atoms with Gasteiger partial charge in [0.05, 0.1) is 5.56 Å². The first-order valence-electron chi connectivity index (χ1n) is 8.52. The summed E-state index contributed by atoms with van der Waals surface area (Å²) in [4.78, 5) is 35.6. The van der Waals surface area contributed by atoms with Crippen molar-refractivity contribution in [3.05, 3.63) is 53.1 Å². The van der Waals surface area contributed by atoms with Crippen LogP contribution in [0.4, 0.5) is 11.4 Å². The van der Waals surface area contributed by atoms with Crippen molar-refractivity contribution in [2.24, 2.45) is 0 Å². The molecule has 0 fully saturated rings. The number of nitrogens with one attached hydrogen (secondary N) is 2. The van der Waals surface area contributed by atoms with E-state index >= 15 is 0 Å². The van der Waals surface area contributed by atoms with Crippen molar-refractivity contribution < 1.29 is 19.1 Å². The monoisotopic (exact) mass is 388 g/mol. The molecule has 2 rings (SSSR count). The Morgan fingerprint density at radius 1 is 1.00 bits per heavy atom. The highest BCUT2D eigenvalue weighted by Gasteiger charge is 2.13. The molecule has 142 valence electrons. The molecule has 0 atom stereocenters. The predicted molar refractivity (Wildman–Crippen MR) is 106 cm³/mol. The second-order valence-electron chi connectivity index (χ2n) is 5.91. The van der Waals surface area contributed by atoms with Crippen molar-refractivity contribution in [2.45, 2.75) is 26.7 Å². The van der Waals surface area contributed by atoms with Gasteiger partial charge < -0.3 is 15.4 Å². The fourth-order valence-corrected chi connectivity index (χ4v) is 2.56. The van der Waals surface area contributed by atoms with E-state index in [4.69, 9.17) is 16.3 Å². The van der Waals surface area contributed by atoms with Crippen LogP contribution in [0.15, 0.2) is 42.5 Å². The van der Waals surface area contributed by atoms with E-state index in [1.54, 1.807) is 42.5 Å². The number of amides is 2. The van der Waals surface area contributed by atoms with Crippen LogP contribution in [0.1, 0.15) is 37.0 Å². The van der Waals surface area contributed by atoms with Gasteiger partial charge in [0.15, 0.2) is 12.4 Å². The summed E-state index contributed by atoms with van der Waals surface area (Å²) in [5, 5.41) is 5.90. The largest absolute Gasteiger partial charge is 0.483 e. The molecule has 0 unspecified atom stereocenters. The highest BCUT2D eigenvalue weighted by atomic mass is 35.5. The van der Waals surface area contributed by atoms with Crippen molar-refractivity contribution in [3.8, 4) is 5.75 Å². The van der Waals surface area contributed by atoms with Gasteiger partial charge in [-0.3, -0.25) is 14.4 Å². The molecule has 0 heterocycles. The van der Waals surface area contributed by atoms with Crippen LogP contribution in [0.3, 0.4) is 0 Å². The summed E-state index contributed by atoms with van der Waals surface area (Å²) in [5.74, 6) is -0.460. The van der Waals surface area contributed by atoms with Crippen LogP contribution in [-0.4, -0.2) is 24.2 Å². The number of benzene rings is 2. The van der Waals surface area contributed by atoms with Crippen LogP contribution in [0.25, 0.3) is 0 Å². The fourth-order valence-electron chi connectivity index (χ4n) is 2.37. The fraction of sp³-hybridized carbons (Fsp3) is 0.250. The maximum Gasteiger partial charge on any atom is 0.262 e. The molecule has 0 aromatic heterocycles. The van der Waals surface area contributed by atoms with Gasteiger partial charge in [0.25, 0.3) is 5.91 Å². The third-order valence-corrected chi connectivity index (χ3v) is 3.82. The zero-order chi connectivity index (χ0) is 19.8. The van der Waals surface area contributed by atoms with E-state index in [0.717, 1.165) is 6.42 Å². The Bertz CT molecular complexity index is 852.